The van der Waals surface area contributed by atoms with Crippen molar-refractivity contribution in [2.24, 2.45) is 0 Å². The fourth-order valence-corrected chi connectivity index (χ4v) is 2.99. The van der Waals surface area contributed by atoms with Crippen LogP contribution in [0.4, 0.5) is 11.5 Å². The molecule has 0 saturated heterocycles. The van der Waals surface area contributed by atoms with Crippen molar-refractivity contribution in [2.45, 2.75) is 4.90 Å². The number of aromatic nitrogens is 3. The van der Waals surface area contributed by atoms with Crippen LogP contribution in [0.2, 0.25) is 0 Å². The topological polar surface area (TPSA) is 42.2 Å². The van der Waals surface area contributed by atoms with Gasteiger partial charge in [0.05, 0.1) is 11.9 Å². The molecule has 0 atom stereocenters. The normalized spacial score (nSPS) is 10.9. The number of imidazole rings is 1. The van der Waals surface area contributed by atoms with Gasteiger partial charge >= 0.3 is 0 Å². The van der Waals surface area contributed by atoms with Gasteiger partial charge < -0.3 is 5.32 Å². The number of halogens is 1. The number of benzene rings is 2. The van der Waals surface area contributed by atoms with Gasteiger partial charge in [0, 0.05) is 22.3 Å². The van der Waals surface area contributed by atoms with E-state index in [0.29, 0.717) is 5.82 Å². The number of hydrogen-bond acceptors (Lipinski definition) is 4. The SMILES string of the molecule is Sc1ccc(Nc2nc(-c3ccccc3)cn3c(Br)cnc23)cc1. The lowest BCUT2D eigenvalue weighted by Gasteiger charge is -2.10. The standard InChI is InChI=1S/C18H13BrN4S/c19-16-10-20-18-17(21-13-6-8-14(24)9-7-13)22-15(11-23(16)18)12-4-2-1-3-5-12/h1-11,24H,(H,21,22). The highest BCUT2D eigenvalue weighted by atomic mass is 79.9. The molecule has 0 aliphatic heterocycles. The quantitative estimate of drug-likeness (QED) is 0.468. The molecule has 2 aromatic heterocycles. The molecule has 0 saturated carbocycles. The first-order chi connectivity index (χ1) is 11.7. The first-order valence-corrected chi connectivity index (χ1v) is 8.60. The molecule has 0 aliphatic rings. The Kier molecular flexibility index (Phi) is 4.00. The van der Waals surface area contributed by atoms with Crippen molar-refractivity contribution in [3.05, 3.63) is 71.6 Å². The van der Waals surface area contributed by atoms with Crippen molar-refractivity contribution >= 4 is 45.7 Å². The largest absolute Gasteiger partial charge is 0.337 e. The van der Waals surface area contributed by atoms with Crippen molar-refractivity contribution < 1.29 is 0 Å². The molecule has 0 fully saturated rings. The molecule has 4 rings (SSSR count). The van der Waals surface area contributed by atoms with Crippen LogP contribution in [-0.2, 0) is 0 Å². The van der Waals surface area contributed by atoms with Gasteiger partial charge in [-0.15, -0.1) is 12.6 Å². The number of hydrogen-bond donors (Lipinski definition) is 2. The summed E-state index contributed by atoms with van der Waals surface area (Å²) in [6, 6.07) is 17.9. The monoisotopic (exact) mass is 396 g/mol. The Bertz CT molecular complexity index is 997. The first-order valence-electron chi connectivity index (χ1n) is 7.36. The van der Waals surface area contributed by atoms with E-state index in [1.807, 2.05) is 65.2 Å². The number of nitrogens with one attached hydrogen (secondary N) is 1. The zero-order valence-corrected chi connectivity index (χ0v) is 15.0. The van der Waals surface area contributed by atoms with Gasteiger partial charge in [-0.2, -0.15) is 0 Å². The lowest BCUT2D eigenvalue weighted by Crippen LogP contribution is -2.00. The maximum atomic E-state index is 4.77. The van der Waals surface area contributed by atoms with Gasteiger partial charge in [0.15, 0.2) is 11.5 Å². The zero-order valence-electron chi connectivity index (χ0n) is 12.5. The summed E-state index contributed by atoms with van der Waals surface area (Å²) >= 11 is 7.86. The lowest BCUT2D eigenvalue weighted by atomic mass is 10.2. The van der Waals surface area contributed by atoms with Crippen molar-refractivity contribution in [3.8, 4) is 11.3 Å². The minimum absolute atomic E-state index is 0.703. The zero-order chi connectivity index (χ0) is 16.5. The highest BCUT2D eigenvalue weighted by Crippen LogP contribution is 2.27. The van der Waals surface area contributed by atoms with Crippen LogP contribution in [0.1, 0.15) is 0 Å². The highest BCUT2D eigenvalue weighted by molar-refractivity contribution is 9.10. The second-order valence-electron chi connectivity index (χ2n) is 5.29. The average molecular weight is 397 g/mol. The number of thiol groups is 1. The van der Waals surface area contributed by atoms with Crippen LogP contribution < -0.4 is 5.32 Å². The molecule has 0 aliphatic carbocycles. The van der Waals surface area contributed by atoms with E-state index in [9.17, 15) is 0 Å². The molecule has 118 valence electrons. The molecule has 6 heteroatoms. The Labute approximate surface area is 153 Å². The first kappa shape index (κ1) is 15.2. The van der Waals surface area contributed by atoms with Crippen LogP contribution >= 0.6 is 28.6 Å². The van der Waals surface area contributed by atoms with Crippen molar-refractivity contribution in [1.82, 2.24) is 14.4 Å². The number of nitrogens with zero attached hydrogens (tertiary/aromatic N) is 3. The van der Waals surface area contributed by atoms with Gasteiger partial charge in [0.2, 0.25) is 0 Å². The van der Waals surface area contributed by atoms with Crippen LogP contribution in [0.25, 0.3) is 16.9 Å². The molecular weight excluding hydrogens is 384 g/mol. The van der Waals surface area contributed by atoms with Crippen LogP contribution in [0, 0.1) is 0 Å². The summed E-state index contributed by atoms with van der Waals surface area (Å²) in [5.74, 6) is 0.703. The molecule has 0 amide bonds. The maximum Gasteiger partial charge on any atom is 0.181 e. The van der Waals surface area contributed by atoms with Gasteiger partial charge in [-0.1, -0.05) is 30.3 Å². The molecular formula is C18H13BrN4S. The van der Waals surface area contributed by atoms with E-state index in [0.717, 1.165) is 32.1 Å². The van der Waals surface area contributed by atoms with Crippen LogP contribution in [0.5, 0.6) is 0 Å². The van der Waals surface area contributed by atoms with E-state index >= 15 is 0 Å². The minimum atomic E-state index is 0.703. The average Bonchev–Trinajstić information content (AvgIpc) is 2.99. The third kappa shape index (κ3) is 2.90. The smallest absolute Gasteiger partial charge is 0.181 e. The molecule has 24 heavy (non-hydrogen) atoms. The summed E-state index contributed by atoms with van der Waals surface area (Å²) in [5.41, 5.74) is 3.62. The second-order valence-corrected chi connectivity index (χ2v) is 6.62. The van der Waals surface area contributed by atoms with Gasteiger partial charge in [0.25, 0.3) is 0 Å². The molecule has 1 N–H and O–H groups in total. The molecule has 4 nitrogen and oxygen atoms in total. The molecule has 0 unspecified atom stereocenters. The van der Waals surface area contributed by atoms with Crippen LogP contribution in [-0.4, -0.2) is 14.4 Å². The fourth-order valence-electron chi connectivity index (χ4n) is 2.47. The van der Waals surface area contributed by atoms with E-state index in [2.05, 4.69) is 38.9 Å². The van der Waals surface area contributed by atoms with E-state index in [4.69, 9.17) is 4.98 Å². The minimum Gasteiger partial charge on any atom is -0.337 e. The predicted octanol–water partition coefficient (Wildman–Crippen LogP) is 5.19. The lowest BCUT2D eigenvalue weighted by molar-refractivity contribution is 1.11. The molecule has 0 spiro atoms. The van der Waals surface area contributed by atoms with Crippen molar-refractivity contribution in [1.29, 1.82) is 0 Å². The Morgan fingerprint density at radius 2 is 1.75 bits per heavy atom. The summed E-state index contributed by atoms with van der Waals surface area (Å²) in [4.78, 5) is 10.1. The van der Waals surface area contributed by atoms with Crippen LogP contribution in [0.15, 0.2) is 76.5 Å². The Morgan fingerprint density at radius 1 is 1.00 bits per heavy atom. The Hall–Kier alpha value is -2.31. The van der Waals surface area contributed by atoms with Gasteiger partial charge in [-0.3, -0.25) is 4.40 Å². The van der Waals surface area contributed by atoms with E-state index in [1.54, 1.807) is 6.20 Å². The molecule has 2 aromatic carbocycles. The number of rotatable bonds is 3. The molecule has 2 heterocycles. The molecule has 4 aromatic rings. The molecule has 0 radical (unpaired) electrons. The Morgan fingerprint density at radius 3 is 2.50 bits per heavy atom. The van der Waals surface area contributed by atoms with Crippen molar-refractivity contribution in [3.63, 3.8) is 0 Å². The van der Waals surface area contributed by atoms with Gasteiger partial charge in [-0.05, 0) is 40.2 Å². The third-order valence-corrected chi connectivity index (χ3v) is 4.53. The number of anilines is 2. The third-order valence-electron chi connectivity index (χ3n) is 3.65. The summed E-state index contributed by atoms with van der Waals surface area (Å²) in [6.07, 6.45) is 3.75. The van der Waals surface area contributed by atoms with E-state index < -0.39 is 0 Å². The predicted molar refractivity (Wildman–Crippen MR) is 103 cm³/mol. The van der Waals surface area contributed by atoms with E-state index in [-0.39, 0.29) is 0 Å². The molecule has 0 bridgehead atoms. The van der Waals surface area contributed by atoms with Gasteiger partial charge in [0.1, 0.15) is 4.60 Å². The Balaban J connectivity index is 1.85. The van der Waals surface area contributed by atoms with Crippen molar-refractivity contribution in [2.75, 3.05) is 5.32 Å². The summed E-state index contributed by atoms with van der Waals surface area (Å²) < 4.78 is 2.86. The summed E-state index contributed by atoms with van der Waals surface area (Å²) in [6.45, 7) is 0. The van der Waals surface area contributed by atoms with Crippen LogP contribution in [0.3, 0.4) is 0 Å². The maximum absolute atomic E-state index is 4.77. The second kappa shape index (κ2) is 6.30. The highest BCUT2D eigenvalue weighted by Gasteiger charge is 2.12. The van der Waals surface area contributed by atoms with Gasteiger partial charge in [-0.25, -0.2) is 9.97 Å². The summed E-state index contributed by atoms with van der Waals surface area (Å²) in [5, 5.41) is 3.35. The number of fused-ring (bicyclic) bond motifs is 1. The van der Waals surface area contributed by atoms with E-state index in [1.165, 1.54) is 0 Å². The fraction of sp³-hybridized carbons (Fsp3) is 0. The summed E-state index contributed by atoms with van der Waals surface area (Å²) in [7, 11) is 0.